The minimum absolute atomic E-state index is 0.337. The van der Waals surface area contributed by atoms with Crippen molar-refractivity contribution in [3.63, 3.8) is 0 Å². The van der Waals surface area contributed by atoms with Crippen molar-refractivity contribution in [1.82, 2.24) is 14.6 Å². The van der Waals surface area contributed by atoms with Crippen molar-refractivity contribution < 1.29 is 0 Å². The maximum absolute atomic E-state index is 6.03. The summed E-state index contributed by atoms with van der Waals surface area (Å²) in [5.41, 5.74) is 1.55. The lowest BCUT2D eigenvalue weighted by atomic mass is 10.0. The fourth-order valence-electron chi connectivity index (χ4n) is 1.77. The van der Waals surface area contributed by atoms with Crippen molar-refractivity contribution in [3.8, 4) is 0 Å². The summed E-state index contributed by atoms with van der Waals surface area (Å²) in [6.45, 7) is 4.01. The summed E-state index contributed by atoms with van der Waals surface area (Å²) in [7, 11) is 0. The predicted molar refractivity (Wildman–Crippen MR) is 75.8 cm³/mol. The average molecular weight is 287 g/mol. The van der Waals surface area contributed by atoms with E-state index in [4.69, 9.17) is 23.2 Å². The first-order valence-electron chi connectivity index (χ1n) is 5.85. The number of rotatable bonds is 5. The van der Waals surface area contributed by atoms with Gasteiger partial charge in [0, 0.05) is 24.2 Å². The molecule has 0 spiro atoms. The molecule has 2 heterocycles. The summed E-state index contributed by atoms with van der Waals surface area (Å²) >= 11 is 12.1. The van der Waals surface area contributed by atoms with Gasteiger partial charge in [0.05, 0.1) is 11.2 Å². The number of anilines is 1. The van der Waals surface area contributed by atoms with Gasteiger partial charge < -0.3 is 5.32 Å². The van der Waals surface area contributed by atoms with Crippen LogP contribution in [0.15, 0.2) is 18.5 Å². The standard InChI is InChI=1S/C12H16Cl2N4/c1-3-12(7-13,8-14)16-11-10-6-9(2)17-18(10)5-4-15-11/h4-6H,3,7-8H2,1-2H3,(H,15,16). The summed E-state index contributed by atoms with van der Waals surface area (Å²) < 4.78 is 1.80. The van der Waals surface area contributed by atoms with Gasteiger partial charge in [-0.3, -0.25) is 0 Å². The van der Waals surface area contributed by atoms with Crippen molar-refractivity contribution in [2.24, 2.45) is 0 Å². The first kappa shape index (κ1) is 13.4. The zero-order valence-corrected chi connectivity index (χ0v) is 12.0. The first-order valence-corrected chi connectivity index (χ1v) is 6.92. The number of halogens is 2. The minimum atomic E-state index is -0.337. The summed E-state index contributed by atoms with van der Waals surface area (Å²) in [6, 6.07) is 1.98. The molecule has 0 unspecified atom stereocenters. The van der Waals surface area contributed by atoms with Crippen LogP contribution in [-0.4, -0.2) is 31.9 Å². The van der Waals surface area contributed by atoms with E-state index < -0.39 is 0 Å². The predicted octanol–water partition coefficient (Wildman–Crippen LogP) is 3.08. The van der Waals surface area contributed by atoms with Crippen molar-refractivity contribution in [1.29, 1.82) is 0 Å². The van der Waals surface area contributed by atoms with Crippen LogP contribution in [0, 0.1) is 6.92 Å². The van der Waals surface area contributed by atoms with Crippen LogP contribution in [0.3, 0.4) is 0 Å². The fraction of sp³-hybridized carbons (Fsp3) is 0.500. The molecule has 4 nitrogen and oxygen atoms in total. The lowest BCUT2D eigenvalue weighted by Crippen LogP contribution is -2.42. The molecule has 0 bridgehead atoms. The lowest BCUT2D eigenvalue weighted by molar-refractivity contribution is 0.558. The molecule has 0 aliphatic carbocycles. The van der Waals surface area contributed by atoms with Gasteiger partial charge in [-0.1, -0.05) is 6.92 Å². The Morgan fingerprint density at radius 2 is 2.11 bits per heavy atom. The number of nitrogens with one attached hydrogen (secondary N) is 1. The van der Waals surface area contributed by atoms with Gasteiger partial charge in [-0.25, -0.2) is 9.50 Å². The van der Waals surface area contributed by atoms with Gasteiger partial charge in [0.25, 0.3) is 0 Å². The van der Waals surface area contributed by atoms with Gasteiger partial charge in [-0.2, -0.15) is 5.10 Å². The van der Waals surface area contributed by atoms with Crippen molar-refractivity contribution in [2.75, 3.05) is 17.1 Å². The molecule has 18 heavy (non-hydrogen) atoms. The summed E-state index contributed by atoms with van der Waals surface area (Å²) in [4.78, 5) is 4.36. The van der Waals surface area contributed by atoms with Crippen LogP contribution in [0.1, 0.15) is 19.0 Å². The summed E-state index contributed by atoms with van der Waals surface area (Å²) in [5, 5.41) is 7.71. The van der Waals surface area contributed by atoms with Crippen LogP contribution < -0.4 is 5.32 Å². The lowest BCUT2D eigenvalue weighted by Gasteiger charge is -2.30. The van der Waals surface area contributed by atoms with Crippen molar-refractivity contribution in [2.45, 2.75) is 25.8 Å². The van der Waals surface area contributed by atoms with E-state index >= 15 is 0 Å². The Labute approximate surface area is 116 Å². The van der Waals surface area contributed by atoms with Crippen molar-refractivity contribution in [3.05, 3.63) is 24.2 Å². The maximum Gasteiger partial charge on any atom is 0.152 e. The molecular weight excluding hydrogens is 271 g/mol. The molecule has 0 aromatic carbocycles. The monoisotopic (exact) mass is 286 g/mol. The van der Waals surface area contributed by atoms with Gasteiger partial charge in [0.1, 0.15) is 5.52 Å². The van der Waals surface area contributed by atoms with Crippen LogP contribution in [-0.2, 0) is 0 Å². The Hall–Kier alpha value is -1.00. The third kappa shape index (κ3) is 2.40. The molecule has 98 valence electrons. The third-order valence-electron chi connectivity index (χ3n) is 3.08. The number of alkyl halides is 2. The second kappa shape index (κ2) is 5.33. The maximum atomic E-state index is 6.03. The number of fused-ring (bicyclic) bond motifs is 1. The third-order valence-corrected chi connectivity index (χ3v) is 4.11. The van der Waals surface area contributed by atoms with Crippen LogP contribution in [0.2, 0.25) is 0 Å². The van der Waals surface area contributed by atoms with Crippen molar-refractivity contribution >= 4 is 34.5 Å². The number of nitrogens with zero attached hydrogens (tertiary/aromatic N) is 3. The number of aromatic nitrogens is 3. The molecule has 0 amide bonds. The van der Waals surface area contributed by atoms with E-state index in [0.717, 1.165) is 23.4 Å². The van der Waals surface area contributed by atoms with E-state index in [1.807, 2.05) is 19.2 Å². The van der Waals surface area contributed by atoms with Crippen LogP contribution in [0.4, 0.5) is 5.82 Å². The van der Waals surface area contributed by atoms with Crippen LogP contribution in [0.25, 0.3) is 5.52 Å². The quantitative estimate of drug-likeness (QED) is 0.859. The molecule has 6 heteroatoms. The first-order chi connectivity index (χ1) is 8.64. The number of hydrogen-bond donors (Lipinski definition) is 1. The Morgan fingerprint density at radius 1 is 1.39 bits per heavy atom. The Kier molecular flexibility index (Phi) is 3.97. The zero-order valence-electron chi connectivity index (χ0n) is 10.5. The Bertz CT molecular complexity index is 526. The molecule has 0 aliphatic rings. The summed E-state index contributed by atoms with van der Waals surface area (Å²) in [6.07, 6.45) is 4.36. The number of aryl methyl sites for hydroxylation is 1. The second-order valence-corrected chi connectivity index (χ2v) is 4.95. The second-order valence-electron chi connectivity index (χ2n) is 4.42. The molecule has 0 saturated heterocycles. The topological polar surface area (TPSA) is 42.2 Å². The average Bonchev–Trinajstić information content (AvgIpc) is 2.77. The largest absolute Gasteiger partial charge is 0.360 e. The normalized spacial score (nSPS) is 12.0. The SMILES string of the molecule is CCC(CCl)(CCl)Nc1nccn2nc(C)cc12. The molecule has 1 N–H and O–H groups in total. The molecule has 0 radical (unpaired) electrons. The Balaban J connectivity index is 2.42. The molecule has 0 fully saturated rings. The Morgan fingerprint density at radius 3 is 2.72 bits per heavy atom. The molecule has 0 atom stereocenters. The van der Waals surface area contributed by atoms with E-state index in [2.05, 4.69) is 22.3 Å². The zero-order chi connectivity index (χ0) is 13.2. The molecule has 0 aliphatic heterocycles. The van der Waals surface area contributed by atoms with Gasteiger partial charge in [0.2, 0.25) is 0 Å². The highest BCUT2D eigenvalue weighted by molar-refractivity contribution is 6.22. The minimum Gasteiger partial charge on any atom is -0.360 e. The van der Waals surface area contributed by atoms with Gasteiger partial charge in [-0.05, 0) is 19.4 Å². The van der Waals surface area contributed by atoms with Gasteiger partial charge >= 0.3 is 0 Å². The molecular formula is C12H16Cl2N4. The van der Waals surface area contributed by atoms with Gasteiger partial charge in [-0.15, -0.1) is 23.2 Å². The van der Waals surface area contributed by atoms with E-state index in [-0.39, 0.29) is 5.54 Å². The molecule has 2 aromatic heterocycles. The molecule has 2 rings (SSSR count). The van der Waals surface area contributed by atoms with E-state index in [1.165, 1.54) is 0 Å². The smallest absolute Gasteiger partial charge is 0.152 e. The van der Waals surface area contributed by atoms with Crippen LogP contribution in [0.5, 0.6) is 0 Å². The van der Waals surface area contributed by atoms with Crippen LogP contribution >= 0.6 is 23.2 Å². The number of hydrogen-bond acceptors (Lipinski definition) is 3. The fourth-order valence-corrected chi connectivity index (χ4v) is 2.57. The highest BCUT2D eigenvalue weighted by Gasteiger charge is 2.27. The van der Waals surface area contributed by atoms with E-state index in [1.54, 1.807) is 10.7 Å². The van der Waals surface area contributed by atoms with Gasteiger partial charge in [0.15, 0.2) is 5.82 Å². The molecule has 2 aromatic rings. The van der Waals surface area contributed by atoms with E-state index in [0.29, 0.717) is 11.8 Å². The highest BCUT2D eigenvalue weighted by Crippen LogP contribution is 2.24. The van der Waals surface area contributed by atoms with E-state index in [9.17, 15) is 0 Å². The summed E-state index contributed by atoms with van der Waals surface area (Å²) in [5.74, 6) is 1.63. The highest BCUT2D eigenvalue weighted by atomic mass is 35.5. The molecule has 0 saturated carbocycles.